The van der Waals surface area contributed by atoms with Gasteiger partial charge in [-0.3, -0.25) is 4.79 Å². The molecule has 0 saturated carbocycles. The molecule has 1 amide bonds. The van der Waals surface area contributed by atoms with Crippen molar-refractivity contribution < 1.29 is 14.3 Å². The van der Waals surface area contributed by atoms with E-state index in [9.17, 15) is 10.1 Å². The number of nitrogens with zero attached hydrogens (tertiary/aromatic N) is 1. The van der Waals surface area contributed by atoms with E-state index in [4.69, 9.17) is 32.7 Å². The van der Waals surface area contributed by atoms with Crippen molar-refractivity contribution in [3.05, 3.63) is 105 Å². The van der Waals surface area contributed by atoms with Gasteiger partial charge in [-0.2, -0.15) is 5.26 Å². The van der Waals surface area contributed by atoms with Crippen molar-refractivity contribution in [1.29, 1.82) is 5.26 Å². The van der Waals surface area contributed by atoms with E-state index in [1.807, 2.05) is 38.1 Å². The fourth-order valence-corrected chi connectivity index (χ4v) is 3.90. The smallest absolute Gasteiger partial charge is 0.266 e. The number of aryl methyl sites for hydroxylation is 1. The number of nitriles is 1. The van der Waals surface area contributed by atoms with Gasteiger partial charge in [0.25, 0.3) is 5.91 Å². The maximum Gasteiger partial charge on any atom is 0.266 e. The van der Waals surface area contributed by atoms with Gasteiger partial charge in [0.2, 0.25) is 0 Å². The van der Waals surface area contributed by atoms with Crippen LogP contribution in [0.5, 0.6) is 11.5 Å². The van der Waals surface area contributed by atoms with Crippen LogP contribution < -0.4 is 14.8 Å². The summed E-state index contributed by atoms with van der Waals surface area (Å²) in [6, 6.07) is 18.1. The van der Waals surface area contributed by atoms with Crippen LogP contribution in [0.2, 0.25) is 10.0 Å². The van der Waals surface area contributed by atoms with Crippen molar-refractivity contribution >= 4 is 40.9 Å². The van der Waals surface area contributed by atoms with Crippen LogP contribution in [-0.2, 0) is 17.8 Å². The summed E-state index contributed by atoms with van der Waals surface area (Å²) >= 11 is 12.3. The van der Waals surface area contributed by atoms with Gasteiger partial charge in [0.1, 0.15) is 18.2 Å². The van der Waals surface area contributed by atoms with Gasteiger partial charge in [-0.25, -0.2) is 0 Å². The number of ether oxygens (including phenoxy) is 2. The van der Waals surface area contributed by atoms with Crippen molar-refractivity contribution in [3.8, 4) is 17.6 Å². The molecule has 0 aliphatic rings. The first-order valence-corrected chi connectivity index (χ1v) is 12.1. The first-order valence-electron chi connectivity index (χ1n) is 11.3. The van der Waals surface area contributed by atoms with E-state index in [1.165, 1.54) is 6.08 Å². The summed E-state index contributed by atoms with van der Waals surface area (Å²) in [5, 5.41) is 13.5. The Hall–Kier alpha value is -3.72. The summed E-state index contributed by atoms with van der Waals surface area (Å²) in [5.74, 6) is 0.536. The van der Waals surface area contributed by atoms with Gasteiger partial charge < -0.3 is 14.8 Å². The number of rotatable bonds is 10. The summed E-state index contributed by atoms with van der Waals surface area (Å²) in [6.07, 6.45) is 3.76. The Bertz CT molecular complexity index is 1330. The Morgan fingerprint density at radius 3 is 2.47 bits per heavy atom. The van der Waals surface area contributed by atoms with Crippen molar-refractivity contribution in [2.24, 2.45) is 0 Å². The zero-order chi connectivity index (χ0) is 26.1. The van der Waals surface area contributed by atoms with E-state index < -0.39 is 5.91 Å². The molecule has 3 rings (SSSR count). The topological polar surface area (TPSA) is 71.4 Å². The number of carbonyl (C=O) groups is 1. The maximum atomic E-state index is 12.7. The monoisotopic (exact) mass is 520 g/mol. The normalized spacial score (nSPS) is 10.9. The Balaban J connectivity index is 1.93. The van der Waals surface area contributed by atoms with E-state index >= 15 is 0 Å². The Morgan fingerprint density at radius 2 is 1.83 bits per heavy atom. The standard InChI is InChI=1S/C29H26Cl2N2O3/c1-4-6-21-13-20(14-23(17-32)29(34)33-25-11-7-19(3)8-12-25)15-27(35-5-2)28(21)36-18-22-9-10-24(30)16-26(22)31/h4,7-16H,1,5-6,18H2,2-3H3,(H,33,34)/b23-14-. The second-order valence-electron chi connectivity index (χ2n) is 7.95. The summed E-state index contributed by atoms with van der Waals surface area (Å²) in [6.45, 7) is 8.27. The minimum atomic E-state index is -0.498. The molecule has 3 aromatic carbocycles. The number of nitrogens with one attached hydrogen (secondary N) is 1. The Kier molecular flexibility index (Phi) is 9.58. The maximum absolute atomic E-state index is 12.7. The fourth-order valence-electron chi connectivity index (χ4n) is 3.44. The molecule has 0 heterocycles. The predicted octanol–water partition coefficient (Wildman–Crippen LogP) is 7.55. The first-order chi connectivity index (χ1) is 17.3. The van der Waals surface area contributed by atoms with Gasteiger partial charge >= 0.3 is 0 Å². The Labute approximate surface area is 221 Å². The number of halogens is 2. The number of hydrogen-bond acceptors (Lipinski definition) is 4. The number of hydrogen-bond donors (Lipinski definition) is 1. The second-order valence-corrected chi connectivity index (χ2v) is 8.79. The lowest BCUT2D eigenvalue weighted by molar-refractivity contribution is -0.112. The van der Waals surface area contributed by atoms with E-state index in [-0.39, 0.29) is 12.2 Å². The Morgan fingerprint density at radius 1 is 1.08 bits per heavy atom. The molecule has 5 nitrogen and oxygen atoms in total. The van der Waals surface area contributed by atoms with Crippen LogP contribution in [0.25, 0.3) is 6.08 Å². The summed E-state index contributed by atoms with van der Waals surface area (Å²) in [5.41, 5.74) is 3.84. The highest BCUT2D eigenvalue weighted by molar-refractivity contribution is 6.35. The molecule has 0 aromatic heterocycles. The highest BCUT2D eigenvalue weighted by Crippen LogP contribution is 2.36. The van der Waals surface area contributed by atoms with Gasteiger partial charge in [-0.1, -0.05) is 53.0 Å². The molecule has 3 aromatic rings. The number of carbonyl (C=O) groups excluding carboxylic acids is 1. The quantitative estimate of drug-likeness (QED) is 0.170. The van der Waals surface area contributed by atoms with Crippen LogP contribution in [0.4, 0.5) is 5.69 Å². The van der Waals surface area contributed by atoms with E-state index in [0.29, 0.717) is 45.8 Å². The number of anilines is 1. The molecule has 0 spiro atoms. The molecule has 0 fully saturated rings. The summed E-state index contributed by atoms with van der Waals surface area (Å²) in [7, 11) is 0. The van der Waals surface area contributed by atoms with Crippen LogP contribution in [0.3, 0.4) is 0 Å². The molecular weight excluding hydrogens is 495 g/mol. The zero-order valence-electron chi connectivity index (χ0n) is 20.1. The molecule has 0 saturated heterocycles. The lowest BCUT2D eigenvalue weighted by Gasteiger charge is -2.17. The molecule has 1 N–H and O–H groups in total. The molecule has 0 aliphatic heterocycles. The molecule has 36 heavy (non-hydrogen) atoms. The number of allylic oxidation sites excluding steroid dienone is 1. The predicted molar refractivity (Wildman–Crippen MR) is 146 cm³/mol. The van der Waals surface area contributed by atoms with Crippen LogP contribution in [-0.4, -0.2) is 12.5 Å². The van der Waals surface area contributed by atoms with E-state index in [2.05, 4.69) is 11.9 Å². The SMILES string of the molecule is C=CCc1cc(/C=C(/C#N)C(=O)Nc2ccc(C)cc2)cc(OCC)c1OCc1ccc(Cl)cc1Cl. The van der Waals surface area contributed by atoms with Crippen LogP contribution in [0, 0.1) is 18.3 Å². The third kappa shape index (κ3) is 7.14. The highest BCUT2D eigenvalue weighted by Gasteiger charge is 2.16. The fraction of sp³-hybridized carbons (Fsp3) is 0.172. The highest BCUT2D eigenvalue weighted by atomic mass is 35.5. The average Bonchev–Trinajstić information content (AvgIpc) is 2.84. The lowest BCUT2D eigenvalue weighted by atomic mass is 10.0. The van der Waals surface area contributed by atoms with Crippen molar-refractivity contribution in [2.45, 2.75) is 26.9 Å². The van der Waals surface area contributed by atoms with Crippen molar-refractivity contribution in [1.82, 2.24) is 0 Å². The number of amides is 1. The van der Waals surface area contributed by atoms with Gasteiger partial charge in [-0.05, 0) is 68.3 Å². The van der Waals surface area contributed by atoms with Gasteiger partial charge in [0.05, 0.1) is 6.61 Å². The van der Waals surface area contributed by atoms with Crippen LogP contribution in [0.15, 0.2) is 72.8 Å². The molecule has 0 aliphatic carbocycles. The molecule has 0 unspecified atom stereocenters. The van der Waals surface area contributed by atoms with Gasteiger partial charge in [0.15, 0.2) is 11.5 Å². The van der Waals surface area contributed by atoms with Crippen molar-refractivity contribution in [3.63, 3.8) is 0 Å². The average molecular weight is 521 g/mol. The van der Waals surface area contributed by atoms with Crippen molar-refractivity contribution in [2.75, 3.05) is 11.9 Å². The zero-order valence-corrected chi connectivity index (χ0v) is 21.6. The largest absolute Gasteiger partial charge is 0.490 e. The van der Waals surface area contributed by atoms with E-state index in [0.717, 1.165) is 16.7 Å². The lowest BCUT2D eigenvalue weighted by Crippen LogP contribution is -2.13. The molecule has 0 radical (unpaired) electrons. The molecule has 7 heteroatoms. The molecular formula is C29H26Cl2N2O3. The van der Waals surface area contributed by atoms with Gasteiger partial charge in [0, 0.05) is 26.9 Å². The summed E-state index contributed by atoms with van der Waals surface area (Å²) < 4.78 is 12.0. The first kappa shape index (κ1) is 26.9. The minimum absolute atomic E-state index is 0.0378. The molecule has 0 bridgehead atoms. The second kappa shape index (κ2) is 12.8. The summed E-state index contributed by atoms with van der Waals surface area (Å²) in [4.78, 5) is 12.7. The minimum Gasteiger partial charge on any atom is -0.490 e. The van der Waals surface area contributed by atoms with Crippen LogP contribution >= 0.6 is 23.2 Å². The van der Waals surface area contributed by atoms with Gasteiger partial charge in [-0.15, -0.1) is 6.58 Å². The third-order valence-electron chi connectivity index (χ3n) is 5.19. The third-order valence-corrected chi connectivity index (χ3v) is 5.78. The number of benzene rings is 3. The van der Waals surface area contributed by atoms with E-state index in [1.54, 1.807) is 42.5 Å². The molecule has 0 atom stereocenters. The molecule has 184 valence electrons. The van der Waals surface area contributed by atoms with Crippen LogP contribution in [0.1, 0.15) is 29.2 Å².